The summed E-state index contributed by atoms with van der Waals surface area (Å²) in [4.78, 5) is 23.4. The Hall–Kier alpha value is -1.64. The van der Waals surface area contributed by atoms with Crippen LogP contribution in [-0.4, -0.2) is 11.7 Å². The second-order valence-corrected chi connectivity index (χ2v) is 4.60. The number of nitrogens with two attached hydrogens (primary N) is 1. The molecule has 0 saturated heterocycles. The van der Waals surface area contributed by atoms with Gasteiger partial charge in [0.25, 0.3) is 0 Å². The van der Waals surface area contributed by atoms with Crippen molar-refractivity contribution in [2.75, 3.05) is 0 Å². The Morgan fingerprint density at radius 2 is 1.94 bits per heavy atom. The molecule has 1 aromatic carbocycles. The maximum absolute atomic E-state index is 12.1. The van der Waals surface area contributed by atoms with Gasteiger partial charge in [-0.2, -0.15) is 0 Å². The third-order valence-electron chi connectivity index (χ3n) is 3.25. The first-order valence-electron chi connectivity index (χ1n) is 5.46. The van der Waals surface area contributed by atoms with Gasteiger partial charge in [-0.15, -0.1) is 0 Å². The minimum Gasteiger partial charge on any atom is -0.369 e. The van der Waals surface area contributed by atoms with Crippen molar-refractivity contribution in [3.05, 3.63) is 35.4 Å². The third kappa shape index (κ3) is 1.43. The minimum atomic E-state index is -0.683. The molecule has 0 aromatic heterocycles. The molecule has 0 spiro atoms. The highest BCUT2D eigenvalue weighted by molar-refractivity contribution is 6.14. The van der Waals surface area contributed by atoms with E-state index in [1.165, 1.54) is 0 Å². The summed E-state index contributed by atoms with van der Waals surface area (Å²) in [6.45, 7) is 4.02. The Morgan fingerprint density at radius 3 is 2.50 bits per heavy atom. The van der Waals surface area contributed by atoms with Crippen molar-refractivity contribution in [1.29, 1.82) is 0 Å². The normalized spacial score (nSPS) is 23.6. The Kier molecular flexibility index (Phi) is 2.54. The van der Waals surface area contributed by atoms with Crippen LogP contribution in [0.5, 0.6) is 0 Å². The molecule has 1 amide bonds. The zero-order valence-corrected chi connectivity index (χ0v) is 9.44. The van der Waals surface area contributed by atoms with Gasteiger partial charge in [-0.05, 0) is 11.5 Å². The van der Waals surface area contributed by atoms with Gasteiger partial charge in [-0.1, -0.05) is 38.1 Å². The first kappa shape index (κ1) is 10.9. The summed E-state index contributed by atoms with van der Waals surface area (Å²) in [7, 11) is 0. The molecule has 2 atom stereocenters. The quantitative estimate of drug-likeness (QED) is 0.767. The van der Waals surface area contributed by atoms with E-state index >= 15 is 0 Å². The lowest BCUT2D eigenvalue weighted by Gasteiger charge is -2.20. The first-order chi connectivity index (χ1) is 7.54. The van der Waals surface area contributed by atoms with Crippen LogP contribution in [0.4, 0.5) is 0 Å². The molecule has 0 fully saturated rings. The molecule has 0 radical (unpaired) electrons. The van der Waals surface area contributed by atoms with Gasteiger partial charge in [0.1, 0.15) is 5.92 Å². The Labute approximate surface area is 94.6 Å². The number of primary amides is 1. The number of fused-ring (bicyclic) bond motifs is 1. The van der Waals surface area contributed by atoms with Gasteiger partial charge >= 0.3 is 0 Å². The van der Waals surface area contributed by atoms with Gasteiger partial charge in [0.05, 0.1) is 0 Å². The van der Waals surface area contributed by atoms with E-state index in [0.29, 0.717) is 5.56 Å². The van der Waals surface area contributed by atoms with Crippen molar-refractivity contribution in [3.8, 4) is 0 Å². The molecule has 3 nitrogen and oxygen atoms in total. The van der Waals surface area contributed by atoms with Crippen molar-refractivity contribution in [2.24, 2.45) is 17.6 Å². The minimum absolute atomic E-state index is 0.0683. The average Bonchev–Trinajstić information content (AvgIpc) is 2.53. The highest BCUT2D eigenvalue weighted by atomic mass is 16.2. The van der Waals surface area contributed by atoms with E-state index in [0.717, 1.165) is 5.56 Å². The van der Waals surface area contributed by atoms with Crippen LogP contribution in [0.25, 0.3) is 0 Å². The van der Waals surface area contributed by atoms with Gasteiger partial charge in [-0.3, -0.25) is 9.59 Å². The topological polar surface area (TPSA) is 60.2 Å². The number of hydrogen-bond donors (Lipinski definition) is 1. The molecule has 0 bridgehead atoms. The van der Waals surface area contributed by atoms with E-state index in [1.807, 2.05) is 32.0 Å². The summed E-state index contributed by atoms with van der Waals surface area (Å²) in [6, 6.07) is 7.40. The molecule has 1 aromatic rings. The van der Waals surface area contributed by atoms with Crippen LogP contribution < -0.4 is 5.73 Å². The standard InChI is InChI=1S/C13H15NO2/c1-7(2)10-8-5-3-4-6-9(8)12(15)11(10)13(14)16/h3-7,10-11H,1-2H3,(H2,14,16)/t10-,11+/m0/s1. The molecule has 1 aliphatic carbocycles. The molecule has 0 saturated carbocycles. The van der Waals surface area contributed by atoms with Crippen molar-refractivity contribution < 1.29 is 9.59 Å². The predicted octanol–water partition coefficient (Wildman–Crippen LogP) is 1.72. The van der Waals surface area contributed by atoms with E-state index in [-0.39, 0.29) is 17.6 Å². The van der Waals surface area contributed by atoms with Gasteiger partial charge in [0.15, 0.2) is 5.78 Å². The highest BCUT2D eigenvalue weighted by Gasteiger charge is 2.44. The first-order valence-corrected chi connectivity index (χ1v) is 5.46. The fraction of sp³-hybridized carbons (Fsp3) is 0.385. The Bertz CT molecular complexity index is 451. The molecule has 0 aliphatic heterocycles. The van der Waals surface area contributed by atoms with Crippen molar-refractivity contribution in [2.45, 2.75) is 19.8 Å². The second-order valence-electron chi connectivity index (χ2n) is 4.60. The molecule has 1 aliphatic rings. The number of Topliss-reactive ketones (excluding diaryl/α,β-unsaturated/α-hetero) is 1. The predicted molar refractivity (Wildman–Crippen MR) is 61.0 cm³/mol. The van der Waals surface area contributed by atoms with Crippen LogP contribution in [0.15, 0.2) is 24.3 Å². The lowest BCUT2D eigenvalue weighted by Crippen LogP contribution is -2.32. The van der Waals surface area contributed by atoms with Crippen LogP contribution in [0.2, 0.25) is 0 Å². The SMILES string of the molecule is CC(C)[C@H]1c2ccccc2C(=O)[C@@H]1C(N)=O. The fourth-order valence-electron chi connectivity index (χ4n) is 2.57. The van der Waals surface area contributed by atoms with Gasteiger partial charge < -0.3 is 5.73 Å². The largest absolute Gasteiger partial charge is 0.369 e. The number of carbonyl (C=O) groups is 2. The van der Waals surface area contributed by atoms with Crippen molar-refractivity contribution in [3.63, 3.8) is 0 Å². The zero-order valence-electron chi connectivity index (χ0n) is 9.44. The summed E-state index contributed by atoms with van der Waals surface area (Å²) in [6.07, 6.45) is 0. The average molecular weight is 217 g/mol. The number of carbonyl (C=O) groups excluding carboxylic acids is 2. The van der Waals surface area contributed by atoms with E-state index in [2.05, 4.69) is 0 Å². The fourth-order valence-corrected chi connectivity index (χ4v) is 2.57. The summed E-state index contributed by atoms with van der Waals surface area (Å²) >= 11 is 0. The lowest BCUT2D eigenvalue weighted by atomic mass is 9.82. The Morgan fingerprint density at radius 1 is 1.31 bits per heavy atom. The van der Waals surface area contributed by atoms with Crippen molar-refractivity contribution in [1.82, 2.24) is 0 Å². The molecule has 2 rings (SSSR count). The summed E-state index contributed by atoms with van der Waals surface area (Å²) in [5.41, 5.74) is 6.96. The second kappa shape index (κ2) is 3.74. The van der Waals surface area contributed by atoms with Crippen LogP contribution in [0.3, 0.4) is 0 Å². The number of ketones is 1. The Balaban J connectivity index is 2.56. The van der Waals surface area contributed by atoms with E-state index < -0.39 is 11.8 Å². The molecular formula is C13H15NO2. The number of benzene rings is 1. The van der Waals surface area contributed by atoms with Crippen LogP contribution >= 0.6 is 0 Å². The van der Waals surface area contributed by atoms with Gasteiger partial charge in [0, 0.05) is 11.5 Å². The molecule has 0 unspecified atom stereocenters. The smallest absolute Gasteiger partial charge is 0.229 e. The zero-order chi connectivity index (χ0) is 11.9. The third-order valence-corrected chi connectivity index (χ3v) is 3.25. The number of amides is 1. The summed E-state index contributed by atoms with van der Waals surface area (Å²) in [5.74, 6) is -1.16. The van der Waals surface area contributed by atoms with Crippen LogP contribution in [0, 0.1) is 11.8 Å². The molecule has 3 heteroatoms. The molecular weight excluding hydrogens is 202 g/mol. The van der Waals surface area contributed by atoms with Gasteiger partial charge in [0.2, 0.25) is 5.91 Å². The maximum Gasteiger partial charge on any atom is 0.229 e. The summed E-state index contributed by atoms with van der Waals surface area (Å²) in [5, 5.41) is 0. The molecule has 84 valence electrons. The number of hydrogen-bond acceptors (Lipinski definition) is 2. The molecule has 0 heterocycles. The monoisotopic (exact) mass is 217 g/mol. The maximum atomic E-state index is 12.1. The van der Waals surface area contributed by atoms with E-state index in [4.69, 9.17) is 5.73 Å². The highest BCUT2D eigenvalue weighted by Crippen LogP contribution is 2.42. The van der Waals surface area contributed by atoms with Crippen molar-refractivity contribution >= 4 is 11.7 Å². The molecule has 2 N–H and O–H groups in total. The summed E-state index contributed by atoms with van der Waals surface area (Å²) < 4.78 is 0. The van der Waals surface area contributed by atoms with Crippen LogP contribution in [-0.2, 0) is 4.79 Å². The van der Waals surface area contributed by atoms with E-state index in [1.54, 1.807) is 6.07 Å². The van der Waals surface area contributed by atoms with Crippen LogP contribution in [0.1, 0.15) is 35.7 Å². The van der Waals surface area contributed by atoms with Gasteiger partial charge in [-0.25, -0.2) is 0 Å². The lowest BCUT2D eigenvalue weighted by molar-refractivity contribution is -0.121. The number of rotatable bonds is 2. The molecule has 16 heavy (non-hydrogen) atoms. The van der Waals surface area contributed by atoms with E-state index in [9.17, 15) is 9.59 Å².